The van der Waals surface area contributed by atoms with Crippen LogP contribution in [0.5, 0.6) is 0 Å². The van der Waals surface area contributed by atoms with Crippen molar-refractivity contribution in [1.82, 2.24) is 20.5 Å². The van der Waals surface area contributed by atoms with E-state index < -0.39 is 0 Å². The summed E-state index contributed by atoms with van der Waals surface area (Å²) in [6.45, 7) is 7.94. The van der Waals surface area contributed by atoms with Crippen molar-refractivity contribution in [2.75, 3.05) is 33.4 Å². The van der Waals surface area contributed by atoms with E-state index in [1.54, 1.807) is 13.3 Å². The number of halogens is 1. The van der Waals surface area contributed by atoms with E-state index in [1.165, 1.54) is 16.7 Å². The maximum absolute atomic E-state index is 5.63. The Kier molecular flexibility index (Phi) is 9.71. The Bertz CT molecular complexity index is 1010. The van der Waals surface area contributed by atoms with E-state index in [-0.39, 0.29) is 24.0 Å². The van der Waals surface area contributed by atoms with Gasteiger partial charge in [0.15, 0.2) is 5.96 Å². The molecule has 0 aliphatic carbocycles. The molecule has 1 aliphatic heterocycles. The van der Waals surface area contributed by atoms with E-state index in [9.17, 15) is 0 Å². The Morgan fingerprint density at radius 3 is 2.33 bits per heavy atom. The average Bonchev–Trinajstić information content (AvgIpc) is 3.30. The maximum Gasteiger partial charge on any atom is 0.226 e. The van der Waals surface area contributed by atoms with Crippen molar-refractivity contribution in [3.8, 4) is 11.5 Å². The van der Waals surface area contributed by atoms with Crippen molar-refractivity contribution in [2.45, 2.75) is 26.6 Å². The summed E-state index contributed by atoms with van der Waals surface area (Å²) in [5.41, 5.74) is 5.55. The van der Waals surface area contributed by atoms with Crippen LogP contribution in [0.3, 0.4) is 0 Å². The third-order valence-electron chi connectivity index (χ3n) is 5.50. The number of oxazole rings is 1. The lowest BCUT2D eigenvalue weighted by molar-refractivity contribution is 0.0342. The summed E-state index contributed by atoms with van der Waals surface area (Å²) in [4.78, 5) is 11.3. The summed E-state index contributed by atoms with van der Waals surface area (Å²) in [6, 6.07) is 16.9. The second-order valence-corrected chi connectivity index (χ2v) is 7.99. The van der Waals surface area contributed by atoms with Gasteiger partial charge in [-0.1, -0.05) is 42.0 Å². The van der Waals surface area contributed by atoms with Crippen LogP contribution in [0.1, 0.15) is 22.4 Å². The van der Waals surface area contributed by atoms with Crippen LogP contribution in [0.25, 0.3) is 11.5 Å². The predicted octanol–water partition coefficient (Wildman–Crippen LogP) is 3.97. The molecule has 1 aromatic heterocycles. The van der Waals surface area contributed by atoms with Crippen LogP contribution in [0, 0.1) is 6.92 Å². The molecule has 3 aromatic rings. The number of nitrogens with zero attached hydrogens (tertiary/aromatic N) is 3. The summed E-state index contributed by atoms with van der Waals surface area (Å²) in [7, 11) is 1.77. The van der Waals surface area contributed by atoms with Gasteiger partial charge in [0.05, 0.1) is 25.5 Å². The fourth-order valence-corrected chi connectivity index (χ4v) is 3.58. The Hall–Kier alpha value is -2.43. The number of ether oxygens (including phenoxy) is 1. The molecule has 0 bridgehead atoms. The number of morpholine rings is 1. The van der Waals surface area contributed by atoms with Crippen molar-refractivity contribution >= 4 is 29.9 Å². The molecule has 8 heteroatoms. The van der Waals surface area contributed by atoms with E-state index in [0.717, 1.165) is 50.1 Å². The quantitative estimate of drug-likeness (QED) is 0.259. The standard InChI is InChI=1S/C25H31N5O2.HI/c1-19-3-9-22(10-4-19)24-29-23(18-32-24)16-28-25(26-2)27-15-20-5-7-21(8-6-20)17-30-11-13-31-14-12-30;/h3-10,18H,11-17H2,1-2H3,(H2,26,27,28);1H. The van der Waals surface area contributed by atoms with Crippen molar-refractivity contribution < 1.29 is 9.15 Å². The van der Waals surface area contributed by atoms with Gasteiger partial charge < -0.3 is 19.8 Å². The zero-order valence-corrected chi connectivity index (χ0v) is 21.5. The topological polar surface area (TPSA) is 74.9 Å². The third kappa shape index (κ3) is 7.55. The lowest BCUT2D eigenvalue weighted by Gasteiger charge is -2.26. The van der Waals surface area contributed by atoms with Gasteiger partial charge in [0, 0.05) is 38.8 Å². The lowest BCUT2D eigenvalue weighted by Crippen LogP contribution is -2.36. The van der Waals surface area contributed by atoms with Crippen LogP contribution < -0.4 is 10.6 Å². The van der Waals surface area contributed by atoms with E-state index in [4.69, 9.17) is 9.15 Å². The van der Waals surface area contributed by atoms with Crippen molar-refractivity contribution in [1.29, 1.82) is 0 Å². The molecule has 176 valence electrons. The summed E-state index contributed by atoms with van der Waals surface area (Å²) < 4.78 is 11.0. The largest absolute Gasteiger partial charge is 0.444 e. The first kappa shape index (κ1) is 25.2. The molecule has 0 saturated carbocycles. The number of aryl methyl sites for hydroxylation is 1. The number of guanidine groups is 1. The molecule has 2 aromatic carbocycles. The van der Waals surface area contributed by atoms with E-state index >= 15 is 0 Å². The maximum atomic E-state index is 5.63. The van der Waals surface area contributed by atoms with Gasteiger partial charge in [-0.05, 0) is 30.2 Å². The van der Waals surface area contributed by atoms with Gasteiger partial charge in [0.1, 0.15) is 6.26 Å². The molecule has 0 atom stereocenters. The Labute approximate surface area is 212 Å². The second-order valence-electron chi connectivity index (χ2n) is 7.99. The molecule has 1 fully saturated rings. The molecule has 7 nitrogen and oxygen atoms in total. The van der Waals surface area contributed by atoms with Gasteiger partial charge in [0.2, 0.25) is 5.89 Å². The van der Waals surface area contributed by atoms with E-state index in [1.807, 2.05) is 12.1 Å². The fraction of sp³-hybridized carbons (Fsp3) is 0.360. The second kappa shape index (κ2) is 12.7. The Morgan fingerprint density at radius 1 is 0.970 bits per heavy atom. The molecule has 0 spiro atoms. The first-order chi connectivity index (χ1) is 15.7. The number of nitrogens with one attached hydrogen (secondary N) is 2. The van der Waals surface area contributed by atoms with Crippen LogP contribution in [0.2, 0.25) is 0 Å². The highest BCUT2D eigenvalue weighted by molar-refractivity contribution is 14.0. The molecule has 1 aliphatic rings. The number of hydrogen-bond donors (Lipinski definition) is 2. The minimum absolute atomic E-state index is 0. The normalized spacial score (nSPS) is 14.5. The number of benzene rings is 2. The van der Waals surface area contributed by atoms with Crippen molar-refractivity contribution in [2.24, 2.45) is 4.99 Å². The molecule has 2 heterocycles. The SMILES string of the molecule is CN=C(NCc1ccc(CN2CCOCC2)cc1)NCc1coc(-c2ccc(C)cc2)n1.I. The summed E-state index contributed by atoms with van der Waals surface area (Å²) in [5, 5.41) is 6.65. The average molecular weight is 561 g/mol. The number of aliphatic imine (C=N–C) groups is 1. The van der Waals surface area contributed by atoms with Crippen molar-refractivity contribution in [3.05, 3.63) is 77.2 Å². The van der Waals surface area contributed by atoms with Crippen LogP contribution in [0.15, 0.2) is 64.2 Å². The van der Waals surface area contributed by atoms with E-state index in [0.29, 0.717) is 19.0 Å². The molecule has 33 heavy (non-hydrogen) atoms. The first-order valence-electron chi connectivity index (χ1n) is 11.0. The monoisotopic (exact) mass is 561 g/mol. The molecular formula is C25H32IN5O2. The zero-order valence-electron chi connectivity index (χ0n) is 19.2. The highest BCUT2D eigenvalue weighted by Crippen LogP contribution is 2.19. The first-order valence-corrected chi connectivity index (χ1v) is 11.0. The van der Waals surface area contributed by atoms with Gasteiger partial charge >= 0.3 is 0 Å². The van der Waals surface area contributed by atoms with Crippen LogP contribution in [-0.4, -0.2) is 49.2 Å². The van der Waals surface area contributed by atoms with Gasteiger partial charge in [-0.15, -0.1) is 24.0 Å². The molecule has 2 N–H and O–H groups in total. The summed E-state index contributed by atoms with van der Waals surface area (Å²) >= 11 is 0. The Balaban J connectivity index is 0.00000306. The van der Waals surface area contributed by atoms with Crippen LogP contribution in [0.4, 0.5) is 0 Å². The highest BCUT2D eigenvalue weighted by atomic mass is 127. The third-order valence-corrected chi connectivity index (χ3v) is 5.50. The van der Waals surface area contributed by atoms with Gasteiger partial charge in [-0.3, -0.25) is 9.89 Å². The predicted molar refractivity (Wildman–Crippen MR) is 142 cm³/mol. The van der Waals surface area contributed by atoms with Gasteiger partial charge in [-0.2, -0.15) is 0 Å². The number of hydrogen-bond acceptors (Lipinski definition) is 5. The van der Waals surface area contributed by atoms with E-state index in [2.05, 4.69) is 68.8 Å². The van der Waals surface area contributed by atoms with Gasteiger partial charge in [0.25, 0.3) is 0 Å². The number of rotatable bonds is 7. The lowest BCUT2D eigenvalue weighted by atomic mass is 10.1. The summed E-state index contributed by atoms with van der Waals surface area (Å²) in [5.74, 6) is 1.35. The molecule has 1 saturated heterocycles. The molecule has 0 amide bonds. The Morgan fingerprint density at radius 2 is 1.64 bits per heavy atom. The zero-order chi connectivity index (χ0) is 22.2. The highest BCUT2D eigenvalue weighted by Gasteiger charge is 2.11. The molecular weight excluding hydrogens is 529 g/mol. The number of aromatic nitrogens is 1. The minimum Gasteiger partial charge on any atom is -0.444 e. The van der Waals surface area contributed by atoms with Crippen LogP contribution in [-0.2, 0) is 24.4 Å². The molecule has 4 rings (SSSR count). The summed E-state index contributed by atoms with van der Waals surface area (Å²) in [6.07, 6.45) is 1.68. The fourth-order valence-electron chi connectivity index (χ4n) is 3.58. The smallest absolute Gasteiger partial charge is 0.226 e. The molecule has 0 unspecified atom stereocenters. The minimum atomic E-state index is 0. The molecule has 0 radical (unpaired) electrons. The van der Waals surface area contributed by atoms with Gasteiger partial charge in [-0.25, -0.2) is 4.98 Å². The van der Waals surface area contributed by atoms with Crippen LogP contribution >= 0.6 is 24.0 Å². The van der Waals surface area contributed by atoms with Crippen molar-refractivity contribution in [3.63, 3.8) is 0 Å².